The number of halogens is 6. The van der Waals surface area contributed by atoms with Gasteiger partial charge in [0.1, 0.15) is 11.6 Å². The molecule has 4 rings (SSSR count). The van der Waals surface area contributed by atoms with Gasteiger partial charge in [0.2, 0.25) is 0 Å². The molecule has 0 N–H and O–H groups in total. The summed E-state index contributed by atoms with van der Waals surface area (Å²) in [5.41, 5.74) is 2.33. The zero-order valence-electron chi connectivity index (χ0n) is 20.4. The lowest BCUT2D eigenvalue weighted by Crippen LogP contribution is -2.11. The molecule has 2 aromatic rings. The molecule has 2 aliphatic carbocycles. The predicted molar refractivity (Wildman–Crippen MR) is 131 cm³/mol. The van der Waals surface area contributed by atoms with Crippen molar-refractivity contribution in [1.82, 2.24) is 0 Å². The molecule has 0 saturated heterocycles. The van der Waals surface area contributed by atoms with Crippen molar-refractivity contribution in [2.24, 2.45) is 5.92 Å². The number of benzene rings is 2. The fourth-order valence-electron chi connectivity index (χ4n) is 5.47. The van der Waals surface area contributed by atoms with Crippen LogP contribution in [0, 0.1) is 35.2 Å². The summed E-state index contributed by atoms with van der Waals surface area (Å²) in [4.78, 5) is 0. The Morgan fingerprint density at radius 1 is 0.889 bits per heavy atom. The second-order valence-electron chi connectivity index (χ2n) is 9.96. The summed E-state index contributed by atoms with van der Waals surface area (Å²) in [6.07, 6.45) is 10.6. The fourth-order valence-corrected chi connectivity index (χ4v) is 5.47. The van der Waals surface area contributed by atoms with Gasteiger partial charge in [0.25, 0.3) is 0 Å². The van der Waals surface area contributed by atoms with Gasteiger partial charge in [-0.1, -0.05) is 56.7 Å². The van der Waals surface area contributed by atoms with Crippen molar-refractivity contribution in [1.29, 1.82) is 0 Å². The number of allylic oxidation sites excluding steroid dienone is 4. The van der Waals surface area contributed by atoms with E-state index in [1.54, 1.807) is 0 Å². The van der Waals surface area contributed by atoms with Crippen LogP contribution in [-0.2, 0) is 0 Å². The van der Waals surface area contributed by atoms with Crippen LogP contribution in [0.15, 0.2) is 41.5 Å². The van der Waals surface area contributed by atoms with Gasteiger partial charge >= 0.3 is 6.18 Å². The van der Waals surface area contributed by atoms with Crippen LogP contribution in [0.3, 0.4) is 0 Å². The van der Waals surface area contributed by atoms with Crippen LogP contribution in [0.2, 0.25) is 0 Å². The van der Waals surface area contributed by atoms with Crippen molar-refractivity contribution in [2.75, 3.05) is 0 Å². The molecule has 0 heterocycles. The van der Waals surface area contributed by atoms with Crippen LogP contribution in [0.25, 0.3) is 10.8 Å². The minimum Gasteiger partial charge on any atom is -0.206 e. The van der Waals surface area contributed by atoms with E-state index >= 15 is 0 Å². The normalized spacial score (nSPS) is 20.5. The van der Waals surface area contributed by atoms with Gasteiger partial charge in [0.05, 0.1) is 10.9 Å². The van der Waals surface area contributed by atoms with Crippen LogP contribution < -0.4 is 0 Å². The third kappa shape index (κ3) is 6.17. The Hall–Kier alpha value is -2.68. The monoisotopic (exact) mass is 504 g/mol. The molecule has 2 atom stereocenters. The largest absolute Gasteiger partial charge is 0.458 e. The third-order valence-electron chi connectivity index (χ3n) is 7.46. The molecule has 0 aromatic heterocycles. The zero-order valence-corrected chi connectivity index (χ0v) is 20.4. The Labute approximate surface area is 208 Å². The third-order valence-corrected chi connectivity index (χ3v) is 7.46. The van der Waals surface area contributed by atoms with Crippen molar-refractivity contribution < 1.29 is 26.3 Å². The fraction of sp³-hybridized carbons (Fsp3) is 0.467. The highest BCUT2D eigenvalue weighted by Crippen LogP contribution is 2.40. The van der Waals surface area contributed by atoms with Gasteiger partial charge in [0, 0.05) is 5.92 Å². The lowest BCUT2D eigenvalue weighted by molar-refractivity contribution is -0.0696. The first-order valence-electron chi connectivity index (χ1n) is 12.8. The Balaban J connectivity index is 1.50. The minimum atomic E-state index is -4.91. The molecule has 0 aliphatic heterocycles. The molecule has 0 fully saturated rings. The topological polar surface area (TPSA) is 0 Å². The van der Waals surface area contributed by atoms with E-state index in [9.17, 15) is 26.3 Å². The molecule has 0 saturated carbocycles. The lowest BCUT2D eigenvalue weighted by atomic mass is 9.78. The van der Waals surface area contributed by atoms with E-state index in [4.69, 9.17) is 0 Å². The maximum atomic E-state index is 14.9. The van der Waals surface area contributed by atoms with Crippen LogP contribution in [0.5, 0.6) is 0 Å². The zero-order chi connectivity index (χ0) is 25.9. The molecular weight excluding hydrogens is 474 g/mol. The Kier molecular flexibility index (Phi) is 8.17. The highest BCUT2D eigenvalue weighted by molar-refractivity contribution is 5.86. The number of hydrogen-bond acceptors (Lipinski definition) is 0. The summed E-state index contributed by atoms with van der Waals surface area (Å²) >= 11 is 0. The number of rotatable bonds is 6. The number of hydrogen-bond donors (Lipinski definition) is 0. The van der Waals surface area contributed by atoms with Gasteiger partial charge < -0.3 is 0 Å². The first-order chi connectivity index (χ1) is 17.2. The SMILES string of the molecule is CCCCCC1CC=C(C2=CCC(c3cc(F)c4c(F)c(C#CC(F)(F)F)c(F)cc4c3)CC2)CC1. The van der Waals surface area contributed by atoms with Gasteiger partial charge in [0.15, 0.2) is 5.82 Å². The maximum absolute atomic E-state index is 14.9. The van der Waals surface area contributed by atoms with Crippen molar-refractivity contribution in [3.8, 4) is 11.8 Å². The van der Waals surface area contributed by atoms with E-state index in [0.29, 0.717) is 12.0 Å². The molecule has 0 nitrogen and oxygen atoms in total. The van der Waals surface area contributed by atoms with E-state index in [-0.39, 0.29) is 11.3 Å². The molecule has 0 spiro atoms. The van der Waals surface area contributed by atoms with E-state index in [1.807, 2.05) is 0 Å². The summed E-state index contributed by atoms with van der Waals surface area (Å²) in [6, 6.07) is 3.61. The molecule has 2 unspecified atom stereocenters. The molecular formula is C30H30F6. The second-order valence-corrected chi connectivity index (χ2v) is 9.96. The molecule has 0 amide bonds. The smallest absolute Gasteiger partial charge is 0.206 e. The van der Waals surface area contributed by atoms with E-state index in [2.05, 4.69) is 19.1 Å². The van der Waals surface area contributed by atoms with Crippen molar-refractivity contribution in [2.45, 2.75) is 83.2 Å². The molecule has 0 radical (unpaired) electrons. The average molecular weight is 505 g/mol. The summed E-state index contributed by atoms with van der Waals surface area (Å²) in [7, 11) is 0. The Bertz CT molecular complexity index is 1240. The quantitative estimate of drug-likeness (QED) is 0.209. The standard InChI is InChI=1S/C30H30F6/c1-2-3-4-5-19-6-8-20(9-7-19)21-10-12-22(13-11-21)23-16-24-18-26(31)25(14-15-30(34,35)36)29(33)28(24)27(32)17-23/h8,10,16-19,22H,2-7,9,11-13H2,1H3. The van der Waals surface area contributed by atoms with E-state index < -0.39 is 34.6 Å². The molecule has 36 heavy (non-hydrogen) atoms. The molecule has 6 heteroatoms. The highest BCUT2D eigenvalue weighted by atomic mass is 19.4. The minimum absolute atomic E-state index is 0.00875. The summed E-state index contributed by atoms with van der Waals surface area (Å²) in [5, 5.41) is -0.559. The summed E-state index contributed by atoms with van der Waals surface area (Å²) in [5.74, 6) is -0.472. The maximum Gasteiger partial charge on any atom is 0.458 e. The number of unbranched alkanes of at least 4 members (excludes halogenated alkanes) is 2. The Morgan fingerprint density at radius 2 is 1.61 bits per heavy atom. The number of fused-ring (bicyclic) bond motifs is 1. The predicted octanol–water partition coefficient (Wildman–Crippen LogP) is 9.67. The molecule has 0 bridgehead atoms. The molecule has 192 valence electrons. The molecule has 2 aromatic carbocycles. The van der Waals surface area contributed by atoms with Gasteiger partial charge in [-0.2, -0.15) is 13.2 Å². The van der Waals surface area contributed by atoms with Crippen LogP contribution in [-0.4, -0.2) is 6.18 Å². The van der Waals surface area contributed by atoms with Crippen LogP contribution >= 0.6 is 0 Å². The van der Waals surface area contributed by atoms with Gasteiger partial charge in [-0.05, 0) is 84.6 Å². The number of alkyl halides is 3. The highest BCUT2D eigenvalue weighted by Gasteiger charge is 2.26. The van der Waals surface area contributed by atoms with Crippen molar-refractivity contribution >= 4 is 10.8 Å². The van der Waals surface area contributed by atoms with Gasteiger partial charge in [-0.3, -0.25) is 0 Å². The van der Waals surface area contributed by atoms with Gasteiger partial charge in [-0.15, -0.1) is 0 Å². The van der Waals surface area contributed by atoms with Crippen molar-refractivity contribution in [3.63, 3.8) is 0 Å². The van der Waals surface area contributed by atoms with Crippen LogP contribution in [0.4, 0.5) is 26.3 Å². The van der Waals surface area contributed by atoms with E-state index in [0.717, 1.165) is 43.6 Å². The van der Waals surface area contributed by atoms with E-state index in [1.165, 1.54) is 61.3 Å². The second kappa shape index (κ2) is 11.2. The lowest BCUT2D eigenvalue weighted by Gasteiger charge is -2.28. The first-order valence-corrected chi connectivity index (χ1v) is 12.8. The average Bonchev–Trinajstić information content (AvgIpc) is 2.83. The summed E-state index contributed by atoms with van der Waals surface area (Å²) in [6.45, 7) is 2.22. The Morgan fingerprint density at radius 3 is 2.22 bits per heavy atom. The summed E-state index contributed by atoms with van der Waals surface area (Å²) < 4.78 is 81.2. The van der Waals surface area contributed by atoms with Crippen LogP contribution in [0.1, 0.15) is 88.2 Å². The van der Waals surface area contributed by atoms with Gasteiger partial charge in [-0.25, -0.2) is 13.2 Å². The van der Waals surface area contributed by atoms with Crippen molar-refractivity contribution in [3.05, 3.63) is 70.1 Å². The first kappa shape index (κ1) is 26.4. The molecule has 2 aliphatic rings.